The van der Waals surface area contributed by atoms with Gasteiger partial charge in [0.2, 0.25) is 0 Å². The van der Waals surface area contributed by atoms with Crippen molar-refractivity contribution in [2.24, 2.45) is 5.16 Å². The number of hydrogen-bond donors (Lipinski definition) is 0. The molecule has 2 heterocycles. The number of carbonyl (C=O) groups is 1. The molecule has 0 spiro atoms. The Balaban J connectivity index is 1.99. The minimum Gasteiger partial charge on any atom is -0.456 e. The zero-order chi connectivity index (χ0) is 15.7. The van der Waals surface area contributed by atoms with Crippen LogP contribution in [0.4, 0.5) is 5.69 Å². The summed E-state index contributed by atoms with van der Waals surface area (Å²) in [5.74, 6) is 0.179. The first kappa shape index (κ1) is 13.7. The van der Waals surface area contributed by atoms with Crippen molar-refractivity contribution in [3.63, 3.8) is 0 Å². The first-order chi connectivity index (χ1) is 10.6. The quantitative estimate of drug-likeness (QED) is 0.375. The highest BCUT2D eigenvalue weighted by Crippen LogP contribution is 2.31. The highest BCUT2D eigenvalue weighted by molar-refractivity contribution is 6.24. The smallest absolute Gasteiger partial charge is 0.367 e. The Morgan fingerprint density at radius 2 is 2.00 bits per heavy atom. The summed E-state index contributed by atoms with van der Waals surface area (Å²) < 4.78 is 5.58. The van der Waals surface area contributed by atoms with E-state index in [-0.39, 0.29) is 5.69 Å². The number of para-hydroxylation sites is 1. The van der Waals surface area contributed by atoms with E-state index in [4.69, 9.17) is 4.42 Å². The SMILES string of the molecule is CC1=NOC(=O)C1=Cc1ccc(-c2ccccc2[N+](=O)[O-])o1. The summed E-state index contributed by atoms with van der Waals surface area (Å²) in [6.45, 7) is 1.64. The van der Waals surface area contributed by atoms with Crippen molar-refractivity contribution in [2.45, 2.75) is 6.92 Å². The average Bonchev–Trinajstić information content (AvgIpc) is 3.09. The van der Waals surface area contributed by atoms with E-state index < -0.39 is 10.9 Å². The van der Waals surface area contributed by atoms with Gasteiger partial charge in [-0.05, 0) is 31.2 Å². The molecule has 0 amide bonds. The molecule has 0 bridgehead atoms. The minimum absolute atomic E-state index is 0.0472. The second-order valence-corrected chi connectivity index (χ2v) is 4.59. The van der Waals surface area contributed by atoms with Gasteiger partial charge in [-0.2, -0.15) is 0 Å². The maximum Gasteiger partial charge on any atom is 0.367 e. The number of carbonyl (C=O) groups excluding carboxylic acids is 1. The van der Waals surface area contributed by atoms with E-state index in [0.717, 1.165) is 0 Å². The van der Waals surface area contributed by atoms with E-state index in [1.165, 1.54) is 12.1 Å². The molecule has 0 radical (unpaired) electrons. The van der Waals surface area contributed by atoms with Gasteiger partial charge < -0.3 is 9.25 Å². The second kappa shape index (κ2) is 5.28. The first-order valence-corrected chi connectivity index (χ1v) is 6.38. The van der Waals surface area contributed by atoms with E-state index in [2.05, 4.69) is 9.99 Å². The number of benzene rings is 1. The van der Waals surface area contributed by atoms with Crippen molar-refractivity contribution >= 4 is 23.4 Å². The molecule has 110 valence electrons. The molecule has 22 heavy (non-hydrogen) atoms. The van der Waals surface area contributed by atoms with Crippen molar-refractivity contribution < 1.29 is 19.0 Å². The number of nitro groups is 1. The molecule has 0 saturated carbocycles. The Morgan fingerprint density at radius 1 is 1.23 bits per heavy atom. The Hall–Kier alpha value is -3.22. The molecule has 1 aromatic heterocycles. The molecule has 1 aliphatic rings. The van der Waals surface area contributed by atoms with Gasteiger partial charge in [-0.15, -0.1) is 0 Å². The van der Waals surface area contributed by atoms with Crippen LogP contribution in [0.5, 0.6) is 0 Å². The van der Waals surface area contributed by atoms with Gasteiger partial charge in [-0.25, -0.2) is 4.79 Å². The Labute approximate surface area is 124 Å². The molecule has 0 fully saturated rings. The molecule has 1 aliphatic heterocycles. The van der Waals surface area contributed by atoms with Crippen LogP contribution in [0.3, 0.4) is 0 Å². The number of nitrogens with zero attached hydrogens (tertiary/aromatic N) is 2. The molecule has 7 nitrogen and oxygen atoms in total. The number of oxime groups is 1. The van der Waals surface area contributed by atoms with Gasteiger partial charge in [0.25, 0.3) is 5.69 Å². The van der Waals surface area contributed by atoms with Crippen LogP contribution in [0, 0.1) is 10.1 Å². The standard InChI is InChI=1S/C15H10N2O5/c1-9-12(15(18)22-16-9)8-10-6-7-14(21-10)11-4-2-3-5-13(11)17(19)20/h2-8H,1H3. The van der Waals surface area contributed by atoms with Crippen molar-refractivity contribution in [2.75, 3.05) is 0 Å². The Bertz CT molecular complexity index is 832. The zero-order valence-corrected chi connectivity index (χ0v) is 11.5. The van der Waals surface area contributed by atoms with Crippen LogP contribution >= 0.6 is 0 Å². The summed E-state index contributed by atoms with van der Waals surface area (Å²) in [7, 11) is 0. The molecule has 2 aromatic rings. The molecular weight excluding hydrogens is 288 g/mol. The van der Waals surface area contributed by atoms with Crippen LogP contribution in [-0.4, -0.2) is 16.6 Å². The molecule has 0 atom stereocenters. The highest BCUT2D eigenvalue weighted by Gasteiger charge is 2.23. The lowest BCUT2D eigenvalue weighted by molar-refractivity contribution is -0.384. The van der Waals surface area contributed by atoms with E-state index in [1.807, 2.05) is 0 Å². The molecule has 0 aliphatic carbocycles. The van der Waals surface area contributed by atoms with Gasteiger partial charge in [0.1, 0.15) is 11.5 Å². The van der Waals surface area contributed by atoms with Gasteiger partial charge in [0.15, 0.2) is 0 Å². The van der Waals surface area contributed by atoms with Crippen LogP contribution in [-0.2, 0) is 9.63 Å². The summed E-state index contributed by atoms with van der Waals surface area (Å²) in [4.78, 5) is 26.6. The first-order valence-electron chi connectivity index (χ1n) is 6.38. The molecular formula is C15H10N2O5. The van der Waals surface area contributed by atoms with Crippen LogP contribution in [0.1, 0.15) is 12.7 Å². The second-order valence-electron chi connectivity index (χ2n) is 4.59. The summed E-state index contributed by atoms with van der Waals surface area (Å²) in [6, 6.07) is 9.51. The number of rotatable bonds is 3. The molecule has 0 N–H and O–H groups in total. The fourth-order valence-corrected chi connectivity index (χ4v) is 2.08. The maximum atomic E-state index is 11.5. The predicted molar refractivity (Wildman–Crippen MR) is 78.0 cm³/mol. The molecule has 7 heteroatoms. The number of furan rings is 1. The molecule has 0 saturated heterocycles. The van der Waals surface area contributed by atoms with Crippen LogP contribution in [0.2, 0.25) is 0 Å². The highest BCUT2D eigenvalue weighted by atomic mass is 16.7. The third-order valence-electron chi connectivity index (χ3n) is 3.15. The zero-order valence-electron chi connectivity index (χ0n) is 11.5. The average molecular weight is 298 g/mol. The Kier molecular flexibility index (Phi) is 3.30. The topological polar surface area (TPSA) is 94.9 Å². The van der Waals surface area contributed by atoms with Gasteiger partial charge in [-0.3, -0.25) is 10.1 Å². The Morgan fingerprint density at radius 3 is 2.68 bits per heavy atom. The van der Waals surface area contributed by atoms with Gasteiger partial charge >= 0.3 is 5.97 Å². The van der Waals surface area contributed by atoms with Crippen LogP contribution < -0.4 is 0 Å². The van der Waals surface area contributed by atoms with E-state index in [9.17, 15) is 14.9 Å². The van der Waals surface area contributed by atoms with Crippen LogP contribution in [0.25, 0.3) is 17.4 Å². The van der Waals surface area contributed by atoms with E-state index >= 15 is 0 Å². The lowest BCUT2D eigenvalue weighted by Gasteiger charge is -1.98. The lowest BCUT2D eigenvalue weighted by atomic mass is 10.1. The van der Waals surface area contributed by atoms with Crippen LogP contribution in [0.15, 0.2) is 51.5 Å². The normalized spacial score (nSPS) is 15.8. The summed E-state index contributed by atoms with van der Waals surface area (Å²) >= 11 is 0. The van der Waals surface area contributed by atoms with Crippen molar-refractivity contribution in [3.8, 4) is 11.3 Å². The predicted octanol–water partition coefficient (Wildman–Crippen LogP) is 3.17. The fourth-order valence-electron chi connectivity index (χ4n) is 2.08. The van der Waals surface area contributed by atoms with Gasteiger partial charge in [-0.1, -0.05) is 17.3 Å². The lowest BCUT2D eigenvalue weighted by Crippen LogP contribution is -2.01. The summed E-state index contributed by atoms with van der Waals surface area (Å²) in [6.07, 6.45) is 1.49. The van der Waals surface area contributed by atoms with Crippen molar-refractivity contribution in [1.29, 1.82) is 0 Å². The molecule has 1 aromatic carbocycles. The van der Waals surface area contributed by atoms with Gasteiger partial charge in [0.05, 0.1) is 21.8 Å². The van der Waals surface area contributed by atoms with E-state index in [0.29, 0.717) is 28.4 Å². The van der Waals surface area contributed by atoms with Crippen molar-refractivity contribution in [1.82, 2.24) is 0 Å². The third-order valence-corrected chi connectivity index (χ3v) is 3.15. The summed E-state index contributed by atoms with van der Waals surface area (Å²) in [5, 5.41) is 14.6. The van der Waals surface area contributed by atoms with E-state index in [1.54, 1.807) is 37.3 Å². The number of nitro benzene ring substituents is 1. The van der Waals surface area contributed by atoms with Crippen molar-refractivity contribution in [3.05, 3.63) is 57.8 Å². The minimum atomic E-state index is -0.554. The molecule has 0 unspecified atom stereocenters. The molecule has 3 rings (SSSR count). The van der Waals surface area contributed by atoms with Gasteiger partial charge in [0, 0.05) is 6.07 Å². The fraction of sp³-hybridized carbons (Fsp3) is 0.0667. The largest absolute Gasteiger partial charge is 0.456 e. The number of hydrogen-bond acceptors (Lipinski definition) is 6. The monoisotopic (exact) mass is 298 g/mol. The third kappa shape index (κ3) is 2.39. The summed E-state index contributed by atoms with van der Waals surface area (Å²) in [5.41, 5.74) is 1.07. The maximum absolute atomic E-state index is 11.5.